The molecule has 0 aliphatic rings. The molecule has 0 radical (unpaired) electrons. The molecule has 72 valence electrons. The molecule has 0 spiro atoms. The maximum Gasteiger partial charge on any atom is 0.330 e. The average Bonchev–Trinajstić information content (AvgIpc) is 2.52. The molecule has 0 unspecified atom stereocenters. The highest BCUT2D eigenvalue weighted by atomic mass is 19.1. The van der Waals surface area contributed by atoms with Gasteiger partial charge in [0.05, 0.1) is 0 Å². The van der Waals surface area contributed by atoms with E-state index >= 15 is 0 Å². The van der Waals surface area contributed by atoms with E-state index in [-0.39, 0.29) is 5.69 Å². The molecule has 0 atom stereocenters. The molecule has 2 rings (SSSR count). The minimum Gasteiger partial charge on any atom is -0.312 e. The van der Waals surface area contributed by atoms with Gasteiger partial charge in [0.1, 0.15) is 17.3 Å². The average molecular weight is 196 g/mol. The lowest BCUT2D eigenvalue weighted by Gasteiger charge is -2.03. The van der Waals surface area contributed by atoms with Gasteiger partial charge in [0.25, 0.3) is 0 Å². The van der Waals surface area contributed by atoms with Crippen LogP contribution in [0.15, 0.2) is 35.4 Å². The van der Waals surface area contributed by atoms with Gasteiger partial charge in [0.15, 0.2) is 0 Å². The number of halogens is 2. The second kappa shape index (κ2) is 3.10. The van der Waals surface area contributed by atoms with Gasteiger partial charge in [-0.15, -0.1) is 0 Å². The zero-order valence-corrected chi connectivity index (χ0v) is 7.00. The monoisotopic (exact) mass is 196 g/mol. The van der Waals surface area contributed by atoms with Gasteiger partial charge in [-0.2, -0.15) is 0 Å². The summed E-state index contributed by atoms with van der Waals surface area (Å²) in [5.74, 6) is -1.54. The van der Waals surface area contributed by atoms with Crippen LogP contribution in [0.2, 0.25) is 0 Å². The van der Waals surface area contributed by atoms with Crippen molar-refractivity contribution in [2.75, 3.05) is 0 Å². The Bertz CT molecular complexity index is 495. The predicted molar refractivity (Wildman–Crippen MR) is 46.3 cm³/mol. The number of nitrogens with one attached hydrogen (secondary N) is 1. The largest absolute Gasteiger partial charge is 0.330 e. The zero-order valence-electron chi connectivity index (χ0n) is 7.00. The Hall–Kier alpha value is -1.91. The van der Waals surface area contributed by atoms with Gasteiger partial charge >= 0.3 is 5.69 Å². The Labute approximate surface area is 77.6 Å². The lowest BCUT2D eigenvalue weighted by Crippen LogP contribution is -2.16. The molecule has 2 aromatic rings. The fourth-order valence-corrected chi connectivity index (χ4v) is 1.22. The van der Waals surface area contributed by atoms with Crippen molar-refractivity contribution in [1.82, 2.24) is 9.55 Å². The molecule has 0 aliphatic heterocycles. The molecule has 1 heterocycles. The summed E-state index contributed by atoms with van der Waals surface area (Å²) in [6.45, 7) is 0. The number of aromatic amines is 1. The highest BCUT2D eigenvalue weighted by Crippen LogP contribution is 2.14. The smallest absolute Gasteiger partial charge is 0.312 e. The van der Waals surface area contributed by atoms with E-state index in [9.17, 15) is 13.6 Å². The Kier molecular flexibility index (Phi) is 1.92. The van der Waals surface area contributed by atoms with Crippen LogP contribution in [0.25, 0.3) is 5.69 Å². The number of nitrogens with zero attached hydrogens (tertiary/aromatic N) is 1. The normalized spacial score (nSPS) is 10.4. The summed E-state index contributed by atoms with van der Waals surface area (Å²) in [6, 6.07) is 3.43. The van der Waals surface area contributed by atoms with E-state index in [4.69, 9.17) is 0 Å². The summed E-state index contributed by atoms with van der Waals surface area (Å²) in [7, 11) is 0. The third-order valence-corrected chi connectivity index (χ3v) is 1.83. The Balaban J connectivity index is 2.74. The summed E-state index contributed by atoms with van der Waals surface area (Å²) in [5.41, 5.74) is -0.937. The van der Waals surface area contributed by atoms with Gasteiger partial charge in [-0.25, -0.2) is 13.6 Å². The van der Waals surface area contributed by atoms with Crippen molar-refractivity contribution in [3.63, 3.8) is 0 Å². The van der Waals surface area contributed by atoms with Crippen LogP contribution in [0.4, 0.5) is 8.78 Å². The van der Waals surface area contributed by atoms with Crippen molar-refractivity contribution in [1.29, 1.82) is 0 Å². The molecule has 0 saturated carbocycles. The van der Waals surface area contributed by atoms with Crippen molar-refractivity contribution in [3.8, 4) is 5.69 Å². The molecule has 0 fully saturated rings. The van der Waals surface area contributed by atoms with Gasteiger partial charge in [0.2, 0.25) is 0 Å². The standard InChI is InChI=1S/C9H6F2N2O/c10-6-2-1-3-7(11)8(6)13-5-4-12-9(13)14/h1-5H,(H,12,14). The first-order valence-electron chi connectivity index (χ1n) is 3.90. The van der Waals surface area contributed by atoms with Gasteiger partial charge in [-0.05, 0) is 12.1 Å². The molecular weight excluding hydrogens is 190 g/mol. The molecule has 0 amide bonds. The fraction of sp³-hybridized carbons (Fsp3) is 0. The second-order valence-electron chi connectivity index (χ2n) is 2.71. The van der Waals surface area contributed by atoms with Crippen LogP contribution >= 0.6 is 0 Å². The first-order valence-corrected chi connectivity index (χ1v) is 3.90. The van der Waals surface area contributed by atoms with Crippen LogP contribution in [0.5, 0.6) is 0 Å². The fourth-order valence-electron chi connectivity index (χ4n) is 1.22. The van der Waals surface area contributed by atoms with Gasteiger partial charge < -0.3 is 4.98 Å². The van der Waals surface area contributed by atoms with Crippen molar-refractivity contribution in [3.05, 3.63) is 52.7 Å². The molecule has 1 aromatic carbocycles. The zero-order chi connectivity index (χ0) is 10.1. The molecule has 0 saturated heterocycles. The maximum absolute atomic E-state index is 13.2. The molecule has 5 heteroatoms. The van der Waals surface area contributed by atoms with E-state index in [0.717, 1.165) is 16.7 Å². The molecule has 3 nitrogen and oxygen atoms in total. The minimum absolute atomic E-state index is 0.362. The number of benzene rings is 1. The number of hydrogen-bond donors (Lipinski definition) is 1. The van der Waals surface area contributed by atoms with Gasteiger partial charge in [-0.3, -0.25) is 4.57 Å². The maximum atomic E-state index is 13.2. The molecule has 14 heavy (non-hydrogen) atoms. The van der Waals surface area contributed by atoms with Crippen LogP contribution in [-0.2, 0) is 0 Å². The quantitative estimate of drug-likeness (QED) is 0.736. The lowest BCUT2D eigenvalue weighted by molar-refractivity contribution is 0.567. The van der Waals surface area contributed by atoms with E-state index in [2.05, 4.69) is 4.98 Å². The van der Waals surface area contributed by atoms with E-state index < -0.39 is 17.3 Å². The predicted octanol–water partition coefficient (Wildman–Crippen LogP) is 1.44. The number of aromatic nitrogens is 2. The third-order valence-electron chi connectivity index (χ3n) is 1.83. The van der Waals surface area contributed by atoms with Crippen LogP contribution in [-0.4, -0.2) is 9.55 Å². The third kappa shape index (κ3) is 1.22. The van der Waals surface area contributed by atoms with E-state index in [1.54, 1.807) is 0 Å². The molecule has 0 bridgehead atoms. The van der Waals surface area contributed by atoms with Crippen molar-refractivity contribution >= 4 is 0 Å². The Morgan fingerprint density at radius 3 is 2.36 bits per heavy atom. The molecule has 1 aromatic heterocycles. The van der Waals surface area contributed by atoms with Crippen LogP contribution in [0.1, 0.15) is 0 Å². The van der Waals surface area contributed by atoms with Gasteiger partial charge in [-0.1, -0.05) is 6.07 Å². The van der Waals surface area contributed by atoms with Crippen LogP contribution < -0.4 is 5.69 Å². The number of imidazole rings is 1. The summed E-state index contributed by atoms with van der Waals surface area (Å²) < 4.78 is 27.2. The molecular formula is C9H6F2N2O. The van der Waals surface area contributed by atoms with E-state index in [0.29, 0.717) is 0 Å². The number of rotatable bonds is 1. The summed E-state index contributed by atoms with van der Waals surface area (Å²) in [4.78, 5) is 13.4. The highest BCUT2D eigenvalue weighted by molar-refractivity contribution is 5.34. The number of para-hydroxylation sites is 1. The molecule has 0 aliphatic carbocycles. The summed E-state index contributed by atoms with van der Waals surface area (Å²) in [5, 5.41) is 0. The number of H-pyrrole nitrogens is 1. The SMILES string of the molecule is O=c1[nH]ccn1-c1c(F)cccc1F. The van der Waals surface area contributed by atoms with Crippen LogP contribution in [0.3, 0.4) is 0 Å². The summed E-state index contributed by atoms with van der Waals surface area (Å²) >= 11 is 0. The number of hydrogen-bond acceptors (Lipinski definition) is 1. The lowest BCUT2D eigenvalue weighted by atomic mass is 10.3. The Morgan fingerprint density at radius 2 is 1.86 bits per heavy atom. The first kappa shape index (κ1) is 8.68. The second-order valence-corrected chi connectivity index (χ2v) is 2.71. The molecule has 1 N–H and O–H groups in total. The van der Waals surface area contributed by atoms with Crippen molar-refractivity contribution in [2.45, 2.75) is 0 Å². The van der Waals surface area contributed by atoms with Crippen molar-refractivity contribution in [2.24, 2.45) is 0 Å². The summed E-state index contributed by atoms with van der Waals surface area (Å²) in [6.07, 6.45) is 2.58. The highest BCUT2D eigenvalue weighted by Gasteiger charge is 2.11. The van der Waals surface area contributed by atoms with E-state index in [1.807, 2.05) is 0 Å². The van der Waals surface area contributed by atoms with Crippen LogP contribution in [0, 0.1) is 11.6 Å². The van der Waals surface area contributed by atoms with Gasteiger partial charge in [0, 0.05) is 12.4 Å². The Morgan fingerprint density at radius 1 is 1.21 bits per heavy atom. The topological polar surface area (TPSA) is 37.8 Å². The van der Waals surface area contributed by atoms with Crippen molar-refractivity contribution < 1.29 is 8.78 Å². The van der Waals surface area contributed by atoms with E-state index in [1.165, 1.54) is 18.5 Å². The minimum atomic E-state index is -0.772. The first-order chi connectivity index (χ1) is 6.70.